The van der Waals surface area contributed by atoms with Crippen molar-refractivity contribution in [1.29, 1.82) is 0 Å². The average Bonchev–Trinajstić information content (AvgIpc) is 3.16. The average molecular weight is 756 g/mol. The lowest BCUT2D eigenvalue weighted by Crippen LogP contribution is -2.60. The van der Waals surface area contributed by atoms with Crippen LogP contribution in [0, 0.1) is 0 Å². The zero-order valence-electron chi connectivity index (χ0n) is 33.6. The third kappa shape index (κ3) is 24.7. The van der Waals surface area contributed by atoms with E-state index in [-0.39, 0.29) is 18.9 Å². The van der Waals surface area contributed by atoms with Crippen LogP contribution in [0.4, 0.5) is 0 Å². The number of rotatable bonds is 35. The van der Waals surface area contributed by atoms with Crippen LogP contribution < -0.4 is 5.32 Å². The van der Waals surface area contributed by atoms with Crippen molar-refractivity contribution in [2.75, 3.05) is 13.2 Å². The van der Waals surface area contributed by atoms with E-state index in [1.54, 1.807) is 0 Å². The lowest BCUT2D eigenvalue weighted by atomic mass is 9.98. The predicted molar refractivity (Wildman–Crippen MR) is 213 cm³/mol. The molecule has 53 heavy (non-hydrogen) atoms. The van der Waals surface area contributed by atoms with Crippen LogP contribution >= 0.6 is 0 Å². The molecule has 1 aliphatic rings. The molecule has 5 unspecified atom stereocenters. The minimum absolute atomic E-state index is 0.268. The topological polar surface area (TPSA) is 169 Å². The second-order valence-corrected chi connectivity index (χ2v) is 15.3. The van der Waals surface area contributed by atoms with Gasteiger partial charge in [-0.05, 0) is 38.5 Å². The second-order valence-electron chi connectivity index (χ2n) is 15.3. The zero-order valence-corrected chi connectivity index (χ0v) is 33.6. The van der Waals surface area contributed by atoms with E-state index in [2.05, 4.69) is 43.5 Å². The first kappa shape index (κ1) is 49.6. The Morgan fingerprint density at radius 1 is 0.660 bits per heavy atom. The molecule has 0 aromatic carbocycles. The van der Waals surface area contributed by atoms with Gasteiger partial charge in [0, 0.05) is 6.42 Å². The Hall–Kier alpha value is -1.37. The molecule has 8 atom stereocenters. The van der Waals surface area contributed by atoms with Crippen LogP contribution in [-0.2, 0) is 14.3 Å². The van der Waals surface area contributed by atoms with E-state index >= 15 is 0 Å². The number of nitrogens with one attached hydrogen (secondary N) is 1. The van der Waals surface area contributed by atoms with E-state index in [1.807, 2.05) is 0 Å². The number of aliphatic hydroxyl groups is 6. The van der Waals surface area contributed by atoms with Gasteiger partial charge in [0.25, 0.3) is 0 Å². The lowest BCUT2D eigenvalue weighted by Gasteiger charge is -2.40. The first-order valence-electron chi connectivity index (χ1n) is 21.6. The van der Waals surface area contributed by atoms with Crippen molar-refractivity contribution in [3.63, 3.8) is 0 Å². The number of amides is 1. The van der Waals surface area contributed by atoms with Gasteiger partial charge in [0.1, 0.15) is 30.5 Å². The summed E-state index contributed by atoms with van der Waals surface area (Å²) in [6, 6.07) is -0.992. The van der Waals surface area contributed by atoms with E-state index in [4.69, 9.17) is 9.47 Å². The molecule has 1 fully saturated rings. The van der Waals surface area contributed by atoms with Crippen molar-refractivity contribution in [3.8, 4) is 0 Å². The summed E-state index contributed by atoms with van der Waals surface area (Å²) in [5.74, 6) is -0.268. The summed E-state index contributed by atoms with van der Waals surface area (Å²) in [7, 11) is 0. The van der Waals surface area contributed by atoms with Crippen LogP contribution in [0.15, 0.2) is 24.3 Å². The van der Waals surface area contributed by atoms with E-state index in [9.17, 15) is 35.4 Å². The third-order valence-corrected chi connectivity index (χ3v) is 10.4. The predicted octanol–water partition coefficient (Wildman–Crippen LogP) is 7.30. The van der Waals surface area contributed by atoms with Gasteiger partial charge in [0.15, 0.2) is 6.29 Å². The van der Waals surface area contributed by atoms with Gasteiger partial charge in [-0.3, -0.25) is 4.79 Å². The highest BCUT2D eigenvalue weighted by Gasteiger charge is 2.44. The molecule has 10 nitrogen and oxygen atoms in total. The number of carbonyl (C=O) groups excluding carboxylic acids is 1. The van der Waals surface area contributed by atoms with Gasteiger partial charge >= 0.3 is 0 Å². The highest BCUT2D eigenvalue weighted by atomic mass is 16.7. The molecule has 10 heteroatoms. The van der Waals surface area contributed by atoms with Crippen LogP contribution in [0.25, 0.3) is 0 Å². The molecular weight excluding hydrogens is 674 g/mol. The number of hydrogen-bond acceptors (Lipinski definition) is 9. The summed E-state index contributed by atoms with van der Waals surface area (Å²) in [6.45, 7) is 3.54. The van der Waals surface area contributed by atoms with Crippen molar-refractivity contribution in [2.45, 2.75) is 230 Å². The van der Waals surface area contributed by atoms with Crippen LogP contribution in [0.1, 0.15) is 181 Å². The molecule has 312 valence electrons. The smallest absolute Gasteiger partial charge is 0.220 e. The second kappa shape index (κ2) is 33.9. The summed E-state index contributed by atoms with van der Waals surface area (Å²) in [5, 5.41) is 65.0. The maximum absolute atomic E-state index is 13.0. The maximum Gasteiger partial charge on any atom is 0.220 e. The fourth-order valence-corrected chi connectivity index (χ4v) is 6.80. The Kier molecular flexibility index (Phi) is 31.8. The van der Waals surface area contributed by atoms with Gasteiger partial charge in [-0.2, -0.15) is 0 Å². The van der Waals surface area contributed by atoms with Crippen LogP contribution in [-0.4, -0.2) is 98.7 Å². The standard InChI is InChI=1S/C43H81NO9/c1-3-5-7-9-11-13-15-17-18-19-20-22-24-26-28-30-32-38(47)44-35(34-52-43-42(51)41(50)40(49)37(33-45)53-43)39(48)36(46)31-29-27-25-23-21-16-14-12-10-8-6-4-2/h9,11,15,17,35-37,39-43,45-46,48-51H,3-8,10,12-14,16,18-34H2,1-2H3,(H,44,47)/t35-,36+,37?,39-,40?,41?,42?,43?/m0/s1. The van der Waals surface area contributed by atoms with Crippen molar-refractivity contribution >= 4 is 5.91 Å². The summed E-state index contributed by atoms with van der Waals surface area (Å²) in [6.07, 6.45) is 27.5. The first-order valence-corrected chi connectivity index (χ1v) is 21.6. The summed E-state index contributed by atoms with van der Waals surface area (Å²) < 4.78 is 11.1. The monoisotopic (exact) mass is 756 g/mol. The first-order chi connectivity index (χ1) is 25.8. The summed E-state index contributed by atoms with van der Waals surface area (Å²) in [4.78, 5) is 13.0. The van der Waals surface area contributed by atoms with Gasteiger partial charge in [0.05, 0.1) is 25.4 Å². The molecule has 1 amide bonds. The van der Waals surface area contributed by atoms with Crippen molar-refractivity contribution < 1.29 is 44.9 Å². The highest BCUT2D eigenvalue weighted by Crippen LogP contribution is 2.23. The Morgan fingerprint density at radius 2 is 1.17 bits per heavy atom. The van der Waals surface area contributed by atoms with Crippen molar-refractivity contribution in [1.82, 2.24) is 5.32 Å². The van der Waals surface area contributed by atoms with E-state index < -0.39 is 55.6 Å². The van der Waals surface area contributed by atoms with Gasteiger partial charge < -0.3 is 45.4 Å². The zero-order chi connectivity index (χ0) is 38.9. The number of allylic oxidation sites excluding steroid dienone is 4. The fourth-order valence-electron chi connectivity index (χ4n) is 6.80. The Balaban J connectivity index is 2.44. The lowest BCUT2D eigenvalue weighted by molar-refractivity contribution is -0.303. The molecule has 0 saturated carbocycles. The van der Waals surface area contributed by atoms with Gasteiger partial charge in [-0.25, -0.2) is 0 Å². The van der Waals surface area contributed by atoms with Crippen molar-refractivity contribution in [2.24, 2.45) is 0 Å². The van der Waals surface area contributed by atoms with Gasteiger partial charge in [-0.1, -0.05) is 160 Å². The molecule has 7 N–H and O–H groups in total. The highest BCUT2D eigenvalue weighted by molar-refractivity contribution is 5.76. The molecule has 0 radical (unpaired) electrons. The molecule has 0 aliphatic carbocycles. The molecular formula is C43H81NO9. The van der Waals surface area contributed by atoms with Crippen molar-refractivity contribution in [3.05, 3.63) is 24.3 Å². The molecule has 1 rings (SSSR count). The number of carbonyl (C=O) groups is 1. The Labute approximate surface area is 322 Å². The number of hydrogen-bond donors (Lipinski definition) is 7. The minimum Gasteiger partial charge on any atom is -0.394 e. The van der Waals surface area contributed by atoms with Gasteiger partial charge in [0.2, 0.25) is 5.91 Å². The molecule has 0 spiro atoms. The normalized spacial score (nSPS) is 22.5. The SMILES string of the molecule is CCCCC=CCC=CCCCCCCCCCC(=O)N[C@@H](COC1OC(CO)C(O)C(O)C1O)[C@H](O)[C@H](O)CCCCCCCCCCCCCC. The summed E-state index contributed by atoms with van der Waals surface area (Å²) in [5.41, 5.74) is 0. The molecule has 1 aliphatic heterocycles. The van der Waals surface area contributed by atoms with E-state index in [0.717, 1.165) is 57.8 Å². The third-order valence-electron chi connectivity index (χ3n) is 10.4. The number of unbranched alkanes of at least 4 members (excludes halogenated alkanes) is 20. The minimum atomic E-state index is -1.61. The van der Waals surface area contributed by atoms with Crippen LogP contribution in [0.2, 0.25) is 0 Å². The molecule has 1 heterocycles. The molecule has 0 bridgehead atoms. The van der Waals surface area contributed by atoms with Crippen LogP contribution in [0.3, 0.4) is 0 Å². The molecule has 0 aromatic heterocycles. The number of aliphatic hydroxyl groups excluding tert-OH is 6. The molecule has 1 saturated heterocycles. The fraction of sp³-hybridized carbons (Fsp3) is 0.884. The molecule has 0 aromatic rings. The van der Waals surface area contributed by atoms with E-state index in [1.165, 1.54) is 89.9 Å². The van der Waals surface area contributed by atoms with E-state index in [0.29, 0.717) is 12.8 Å². The van der Waals surface area contributed by atoms with Crippen LogP contribution in [0.5, 0.6) is 0 Å². The number of ether oxygens (including phenoxy) is 2. The Bertz CT molecular complexity index is 901. The van der Waals surface area contributed by atoms with Gasteiger partial charge in [-0.15, -0.1) is 0 Å². The maximum atomic E-state index is 13.0. The largest absolute Gasteiger partial charge is 0.394 e. The quantitative estimate of drug-likeness (QED) is 0.0259. The Morgan fingerprint density at radius 3 is 1.74 bits per heavy atom. The summed E-state index contributed by atoms with van der Waals surface area (Å²) >= 11 is 0.